The average molecular weight is 330 g/mol. The van der Waals surface area contributed by atoms with Gasteiger partial charge in [-0.15, -0.1) is 0 Å². The van der Waals surface area contributed by atoms with Gasteiger partial charge in [-0.1, -0.05) is 18.7 Å². The fourth-order valence-electron chi connectivity index (χ4n) is 2.27. The molecular weight excluding hydrogens is 308 g/mol. The molecule has 2 rings (SSSR count). The van der Waals surface area contributed by atoms with Gasteiger partial charge in [-0.25, -0.2) is 0 Å². The highest BCUT2D eigenvalue weighted by Crippen LogP contribution is 2.27. The lowest BCUT2D eigenvalue weighted by molar-refractivity contribution is -0.117. The van der Waals surface area contributed by atoms with Gasteiger partial charge in [0.25, 0.3) is 0 Å². The highest BCUT2D eigenvalue weighted by Gasteiger charge is 2.28. The average Bonchev–Trinajstić information content (AvgIpc) is 2.81. The second-order valence-electron chi connectivity index (χ2n) is 5.47. The second kappa shape index (κ2) is 8.07. The molecule has 0 radical (unpaired) electrons. The van der Waals surface area contributed by atoms with Crippen LogP contribution in [-0.4, -0.2) is 57.3 Å². The van der Waals surface area contributed by atoms with Crippen LogP contribution in [0.2, 0.25) is 0 Å². The lowest BCUT2D eigenvalue weighted by Gasteiger charge is -2.34. The molecule has 1 amide bonds. The van der Waals surface area contributed by atoms with Gasteiger partial charge in [-0.2, -0.15) is 9.36 Å². The quantitative estimate of drug-likeness (QED) is 0.706. The number of hydrogen-bond donors (Lipinski definition) is 2. The van der Waals surface area contributed by atoms with Crippen molar-refractivity contribution in [2.45, 2.75) is 37.4 Å². The highest BCUT2D eigenvalue weighted by molar-refractivity contribution is 7.99. The number of amides is 1. The first-order valence-corrected chi connectivity index (χ1v) is 8.95. The van der Waals surface area contributed by atoms with E-state index >= 15 is 0 Å². The number of thioether (sulfide) groups is 1. The van der Waals surface area contributed by atoms with E-state index in [1.165, 1.54) is 11.5 Å². The minimum Gasteiger partial charge on any atom is -0.393 e. The molecule has 2 N–H and O–H groups in total. The minimum absolute atomic E-state index is 0.0689. The zero-order valence-corrected chi connectivity index (χ0v) is 14.0. The Kier molecular flexibility index (Phi) is 6.40. The lowest BCUT2D eigenvalue weighted by atomic mass is 9.82. The maximum Gasteiger partial charge on any atom is 0.240 e. The van der Waals surface area contributed by atoms with Crippen molar-refractivity contribution in [3.63, 3.8) is 0 Å². The molecule has 0 saturated heterocycles. The molecule has 0 atom stereocenters. The maximum absolute atomic E-state index is 11.9. The molecule has 0 unspecified atom stereocenters. The standard InChI is InChI=1S/C13H22N4O2S2/c1-3-4-20-13-15-12(21-16-13)14-11(19)8-17(2)7-9-5-10(18)6-9/h9-10,18H,3-8H2,1-2H3,(H,14,15,16,19). The Morgan fingerprint density at radius 2 is 2.33 bits per heavy atom. The van der Waals surface area contributed by atoms with E-state index in [1.807, 2.05) is 11.9 Å². The van der Waals surface area contributed by atoms with Crippen molar-refractivity contribution in [1.82, 2.24) is 14.3 Å². The maximum atomic E-state index is 11.9. The zero-order chi connectivity index (χ0) is 15.2. The lowest BCUT2D eigenvalue weighted by Crippen LogP contribution is -2.39. The number of aliphatic hydroxyl groups excluding tert-OH is 1. The molecule has 118 valence electrons. The fourth-order valence-corrected chi connectivity index (χ4v) is 3.69. The van der Waals surface area contributed by atoms with Crippen molar-refractivity contribution in [3.05, 3.63) is 0 Å². The molecule has 1 aromatic rings. The van der Waals surface area contributed by atoms with Crippen molar-refractivity contribution in [3.8, 4) is 0 Å². The third-order valence-electron chi connectivity index (χ3n) is 3.28. The Balaban J connectivity index is 1.69. The molecule has 8 heteroatoms. The Hall–Kier alpha value is -0.700. The van der Waals surface area contributed by atoms with Gasteiger partial charge < -0.3 is 5.11 Å². The number of aliphatic hydroxyl groups is 1. The predicted molar refractivity (Wildman–Crippen MR) is 85.8 cm³/mol. The van der Waals surface area contributed by atoms with E-state index in [0.717, 1.165) is 36.7 Å². The molecule has 1 fully saturated rings. The van der Waals surface area contributed by atoms with Gasteiger partial charge in [0.05, 0.1) is 12.6 Å². The highest BCUT2D eigenvalue weighted by atomic mass is 32.2. The van der Waals surface area contributed by atoms with Gasteiger partial charge in [0.1, 0.15) is 0 Å². The monoisotopic (exact) mass is 330 g/mol. The van der Waals surface area contributed by atoms with Crippen molar-refractivity contribution in [2.24, 2.45) is 5.92 Å². The van der Waals surface area contributed by atoms with Crippen LogP contribution in [0.3, 0.4) is 0 Å². The summed E-state index contributed by atoms with van der Waals surface area (Å²) in [6.07, 6.45) is 2.63. The van der Waals surface area contributed by atoms with Crippen molar-refractivity contribution >= 4 is 34.3 Å². The van der Waals surface area contributed by atoms with Gasteiger partial charge in [-0.05, 0) is 32.2 Å². The van der Waals surface area contributed by atoms with Gasteiger partial charge in [0, 0.05) is 23.8 Å². The van der Waals surface area contributed by atoms with Crippen LogP contribution < -0.4 is 5.32 Å². The molecule has 0 spiro atoms. The summed E-state index contributed by atoms with van der Waals surface area (Å²) in [7, 11) is 1.92. The molecule has 1 saturated carbocycles. The summed E-state index contributed by atoms with van der Waals surface area (Å²) in [6.45, 7) is 3.29. The topological polar surface area (TPSA) is 78.4 Å². The number of nitrogens with one attached hydrogen (secondary N) is 1. The van der Waals surface area contributed by atoms with E-state index in [-0.39, 0.29) is 12.0 Å². The Labute approximate surface area is 133 Å². The Morgan fingerprint density at radius 1 is 1.57 bits per heavy atom. The number of nitrogens with zero attached hydrogens (tertiary/aromatic N) is 3. The van der Waals surface area contributed by atoms with E-state index in [2.05, 4.69) is 21.6 Å². The van der Waals surface area contributed by atoms with Crippen LogP contribution >= 0.6 is 23.3 Å². The molecular formula is C13H22N4O2S2. The van der Waals surface area contributed by atoms with E-state index in [9.17, 15) is 9.90 Å². The molecule has 0 aromatic carbocycles. The van der Waals surface area contributed by atoms with E-state index in [1.54, 1.807) is 11.8 Å². The SMILES string of the molecule is CCCSc1nsc(NC(=O)CN(C)CC2CC(O)C2)n1. The number of hydrogen-bond acceptors (Lipinski definition) is 7. The van der Waals surface area contributed by atoms with Crippen molar-refractivity contribution in [1.29, 1.82) is 0 Å². The van der Waals surface area contributed by atoms with Crippen LogP contribution in [0.5, 0.6) is 0 Å². The third kappa shape index (κ3) is 5.54. The number of aromatic nitrogens is 2. The molecule has 1 aliphatic rings. The van der Waals surface area contributed by atoms with Crippen LogP contribution in [0, 0.1) is 5.92 Å². The predicted octanol–water partition coefficient (Wildman–Crippen LogP) is 1.68. The van der Waals surface area contributed by atoms with Gasteiger partial charge in [-0.3, -0.25) is 15.0 Å². The Morgan fingerprint density at radius 3 is 3.00 bits per heavy atom. The first-order valence-electron chi connectivity index (χ1n) is 7.19. The number of rotatable bonds is 8. The number of carbonyl (C=O) groups excluding carboxylic acids is 1. The fraction of sp³-hybridized carbons (Fsp3) is 0.769. The summed E-state index contributed by atoms with van der Waals surface area (Å²) in [5, 5.41) is 13.3. The van der Waals surface area contributed by atoms with E-state index < -0.39 is 0 Å². The normalized spacial score (nSPS) is 21.3. The summed E-state index contributed by atoms with van der Waals surface area (Å²) in [6, 6.07) is 0. The minimum atomic E-state index is -0.141. The van der Waals surface area contributed by atoms with Crippen LogP contribution in [0.4, 0.5) is 5.13 Å². The molecule has 0 aliphatic heterocycles. The van der Waals surface area contributed by atoms with Crippen LogP contribution in [0.1, 0.15) is 26.2 Å². The van der Waals surface area contributed by atoms with Gasteiger partial charge in [0.15, 0.2) is 0 Å². The Bertz CT molecular complexity index is 463. The molecule has 1 aliphatic carbocycles. The smallest absolute Gasteiger partial charge is 0.240 e. The first kappa shape index (κ1) is 16.7. The summed E-state index contributed by atoms with van der Waals surface area (Å²) in [5.74, 6) is 1.43. The third-order valence-corrected chi connectivity index (χ3v) is 5.08. The number of likely N-dealkylation sites (N-methyl/N-ethyl adjacent to an activating group) is 1. The largest absolute Gasteiger partial charge is 0.393 e. The molecule has 6 nitrogen and oxygen atoms in total. The summed E-state index contributed by atoms with van der Waals surface area (Å²) >= 11 is 2.82. The zero-order valence-electron chi connectivity index (χ0n) is 12.4. The second-order valence-corrected chi connectivity index (χ2v) is 7.28. The number of anilines is 1. The van der Waals surface area contributed by atoms with Crippen molar-refractivity contribution < 1.29 is 9.90 Å². The summed E-state index contributed by atoms with van der Waals surface area (Å²) in [4.78, 5) is 18.2. The first-order chi connectivity index (χ1) is 10.1. The van der Waals surface area contributed by atoms with Crippen LogP contribution in [0.15, 0.2) is 5.16 Å². The molecule has 21 heavy (non-hydrogen) atoms. The van der Waals surface area contributed by atoms with Gasteiger partial charge in [0.2, 0.25) is 16.2 Å². The van der Waals surface area contributed by atoms with Crippen LogP contribution in [0.25, 0.3) is 0 Å². The van der Waals surface area contributed by atoms with E-state index in [4.69, 9.17) is 0 Å². The van der Waals surface area contributed by atoms with Crippen molar-refractivity contribution in [2.75, 3.05) is 31.2 Å². The summed E-state index contributed by atoms with van der Waals surface area (Å²) in [5.41, 5.74) is 0. The van der Waals surface area contributed by atoms with E-state index in [0.29, 0.717) is 17.6 Å². The molecule has 1 aromatic heterocycles. The number of carbonyl (C=O) groups is 1. The van der Waals surface area contributed by atoms with Crippen LogP contribution in [-0.2, 0) is 4.79 Å². The molecule has 0 bridgehead atoms. The van der Waals surface area contributed by atoms with Gasteiger partial charge >= 0.3 is 0 Å². The summed E-state index contributed by atoms with van der Waals surface area (Å²) < 4.78 is 4.20. The molecule has 1 heterocycles.